The Hall–Kier alpha value is -2.76. The first-order valence-corrected chi connectivity index (χ1v) is 10.1. The first kappa shape index (κ1) is 19.6. The van der Waals surface area contributed by atoms with Crippen molar-refractivity contribution in [3.05, 3.63) is 53.8 Å². The number of para-hydroxylation sites is 1. The maximum atomic E-state index is 13.8. The molecule has 0 radical (unpaired) electrons. The molecule has 2 aliphatic rings. The highest BCUT2D eigenvalue weighted by Crippen LogP contribution is 2.32. The lowest BCUT2D eigenvalue weighted by atomic mass is 9.93. The predicted molar refractivity (Wildman–Crippen MR) is 107 cm³/mol. The topological polar surface area (TPSA) is 48.0 Å². The Kier molecular flexibility index (Phi) is 5.88. The number of carbonyl (C=O) groups excluding carboxylic acids is 1. The van der Waals surface area contributed by atoms with E-state index in [1.165, 1.54) is 6.07 Å². The second-order valence-electron chi connectivity index (χ2n) is 7.72. The molecule has 2 aromatic rings. The number of likely N-dealkylation sites (tertiary alicyclic amines) is 1. The van der Waals surface area contributed by atoms with Crippen molar-refractivity contribution in [2.24, 2.45) is 11.8 Å². The van der Waals surface area contributed by atoms with Crippen LogP contribution in [0, 0.1) is 17.7 Å². The number of methoxy groups -OCH3 is 1. The lowest BCUT2D eigenvalue weighted by Gasteiger charge is -2.36. The predicted octanol–water partition coefficient (Wildman–Crippen LogP) is 3.70. The third-order valence-corrected chi connectivity index (χ3v) is 5.67. The van der Waals surface area contributed by atoms with E-state index in [1.54, 1.807) is 25.3 Å². The van der Waals surface area contributed by atoms with Crippen molar-refractivity contribution in [1.82, 2.24) is 4.90 Å². The van der Waals surface area contributed by atoms with E-state index in [2.05, 4.69) is 0 Å². The zero-order valence-electron chi connectivity index (χ0n) is 16.6. The summed E-state index contributed by atoms with van der Waals surface area (Å²) in [7, 11) is 1.63. The van der Waals surface area contributed by atoms with E-state index >= 15 is 0 Å². The van der Waals surface area contributed by atoms with Crippen LogP contribution in [0.25, 0.3) is 0 Å². The minimum atomic E-state index is -0.357. The lowest BCUT2D eigenvalue weighted by molar-refractivity contribution is -0.139. The molecule has 0 spiro atoms. The molecule has 4 rings (SSSR count). The molecule has 1 amide bonds. The highest BCUT2D eigenvalue weighted by Gasteiger charge is 2.32. The zero-order valence-corrected chi connectivity index (χ0v) is 16.6. The van der Waals surface area contributed by atoms with Crippen molar-refractivity contribution in [1.29, 1.82) is 0 Å². The number of carbonyl (C=O) groups is 1. The molecule has 2 aliphatic heterocycles. The number of amides is 1. The highest BCUT2D eigenvalue weighted by atomic mass is 19.1. The van der Waals surface area contributed by atoms with Crippen LogP contribution < -0.4 is 14.2 Å². The molecule has 0 bridgehead atoms. The van der Waals surface area contributed by atoms with E-state index in [0.29, 0.717) is 26.2 Å². The second-order valence-corrected chi connectivity index (χ2v) is 7.72. The third kappa shape index (κ3) is 4.47. The van der Waals surface area contributed by atoms with Gasteiger partial charge in [0, 0.05) is 19.0 Å². The van der Waals surface area contributed by atoms with Crippen LogP contribution in [0.2, 0.25) is 0 Å². The monoisotopic (exact) mass is 399 g/mol. The van der Waals surface area contributed by atoms with Gasteiger partial charge in [-0.1, -0.05) is 12.1 Å². The summed E-state index contributed by atoms with van der Waals surface area (Å²) >= 11 is 0. The van der Waals surface area contributed by atoms with Gasteiger partial charge >= 0.3 is 0 Å². The lowest BCUT2D eigenvalue weighted by Crippen LogP contribution is -2.46. The van der Waals surface area contributed by atoms with Crippen molar-refractivity contribution < 1.29 is 23.4 Å². The molecule has 29 heavy (non-hydrogen) atoms. The van der Waals surface area contributed by atoms with Gasteiger partial charge in [0.05, 0.1) is 19.6 Å². The number of nitrogens with zero attached hydrogens (tertiary/aromatic N) is 1. The molecule has 0 saturated carbocycles. The Balaban J connectivity index is 1.35. The molecule has 0 N–H and O–H groups in total. The SMILES string of the molecule is COc1ccc2c(c1)C[C@H](C(=O)N1CCC[C@H](COc3ccccc3F)C1)CO2. The largest absolute Gasteiger partial charge is 0.497 e. The van der Waals surface area contributed by atoms with Gasteiger partial charge in [-0.05, 0) is 55.2 Å². The summed E-state index contributed by atoms with van der Waals surface area (Å²) in [5.41, 5.74) is 1.00. The van der Waals surface area contributed by atoms with Gasteiger partial charge in [0.1, 0.15) is 18.1 Å². The number of rotatable bonds is 5. The summed E-state index contributed by atoms with van der Waals surface area (Å²) < 4.78 is 30.5. The zero-order chi connectivity index (χ0) is 20.2. The third-order valence-electron chi connectivity index (χ3n) is 5.67. The molecular formula is C23H26FNO4. The average molecular weight is 399 g/mol. The number of benzene rings is 2. The fraction of sp³-hybridized carbons (Fsp3) is 0.435. The summed E-state index contributed by atoms with van der Waals surface area (Å²) in [6.45, 7) is 2.18. The van der Waals surface area contributed by atoms with Crippen LogP contribution in [0.5, 0.6) is 17.2 Å². The van der Waals surface area contributed by atoms with Gasteiger partial charge in [-0.15, -0.1) is 0 Å². The van der Waals surface area contributed by atoms with Gasteiger partial charge in [0.15, 0.2) is 11.6 Å². The molecule has 154 valence electrons. The number of piperidine rings is 1. The van der Waals surface area contributed by atoms with Crippen LogP contribution in [0.3, 0.4) is 0 Å². The smallest absolute Gasteiger partial charge is 0.229 e. The summed E-state index contributed by atoms with van der Waals surface area (Å²) in [5.74, 6) is 1.62. The maximum Gasteiger partial charge on any atom is 0.229 e. The van der Waals surface area contributed by atoms with Crippen molar-refractivity contribution in [3.8, 4) is 17.2 Å². The van der Waals surface area contributed by atoms with Gasteiger partial charge in [-0.25, -0.2) is 4.39 Å². The molecule has 2 atom stereocenters. The molecule has 0 unspecified atom stereocenters. The van der Waals surface area contributed by atoms with E-state index in [4.69, 9.17) is 14.2 Å². The first-order valence-electron chi connectivity index (χ1n) is 10.1. The van der Waals surface area contributed by atoms with Crippen LogP contribution in [0.1, 0.15) is 18.4 Å². The Bertz CT molecular complexity index is 872. The number of hydrogen-bond donors (Lipinski definition) is 0. The Morgan fingerprint density at radius 3 is 2.97 bits per heavy atom. The molecule has 0 aliphatic carbocycles. The van der Waals surface area contributed by atoms with Gasteiger partial charge in [0.25, 0.3) is 0 Å². The summed E-state index contributed by atoms with van der Waals surface area (Å²) in [6.07, 6.45) is 2.55. The fourth-order valence-electron chi connectivity index (χ4n) is 4.09. The molecular weight excluding hydrogens is 373 g/mol. The van der Waals surface area contributed by atoms with Gasteiger partial charge in [-0.3, -0.25) is 4.79 Å². The minimum Gasteiger partial charge on any atom is -0.497 e. The number of halogens is 1. The van der Waals surface area contributed by atoms with Crippen molar-refractivity contribution in [3.63, 3.8) is 0 Å². The maximum absolute atomic E-state index is 13.8. The van der Waals surface area contributed by atoms with Crippen LogP contribution in [-0.4, -0.2) is 44.2 Å². The van der Waals surface area contributed by atoms with Gasteiger partial charge in [0.2, 0.25) is 5.91 Å². The Morgan fingerprint density at radius 1 is 1.28 bits per heavy atom. The van der Waals surface area contributed by atoms with Crippen molar-refractivity contribution in [2.75, 3.05) is 33.4 Å². The molecule has 0 aromatic heterocycles. The number of hydrogen-bond acceptors (Lipinski definition) is 4. The molecule has 1 fully saturated rings. The van der Waals surface area contributed by atoms with E-state index < -0.39 is 0 Å². The first-order chi connectivity index (χ1) is 14.1. The van der Waals surface area contributed by atoms with E-state index in [9.17, 15) is 9.18 Å². The van der Waals surface area contributed by atoms with Crippen LogP contribution in [-0.2, 0) is 11.2 Å². The molecule has 6 heteroatoms. The standard InChI is InChI=1S/C23H26FNO4/c1-27-19-8-9-21-17(12-19)11-18(15-29-21)23(26)25-10-4-5-16(13-25)14-28-22-7-3-2-6-20(22)24/h2-3,6-9,12,16,18H,4-5,10-11,13-15H2,1H3/t16-,18-/m0/s1. The van der Waals surface area contributed by atoms with Crippen LogP contribution in [0.15, 0.2) is 42.5 Å². The Morgan fingerprint density at radius 2 is 2.14 bits per heavy atom. The van der Waals surface area contributed by atoms with E-state index in [0.717, 1.165) is 36.4 Å². The molecule has 2 heterocycles. The molecule has 1 saturated heterocycles. The minimum absolute atomic E-state index is 0.120. The van der Waals surface area contributed by atoms with Crippen molar-refractivity contribution >= 4 is 5.91 Å². The van der Waals surface area contributed by atoms with Gasteiger partial charge < -0.3 is 19.1 Å². The quantitative estimate of drug-likeness (QED) is 0.769. The van der Waals surface area contributed by atoms with E-state index in [1.807, 2.05) is 23.1 Å². The van der Waals surface area contributed by atoms with Crippen molar-refractivity contribution in [2.45, 2.75) is 19.3 Å². The molecule has 5 nitrogen and oxygen atoms in total. The molecule has 2 aromatic carbocycles. The summed E-state index contributed by atoms with van der Waals surface area (Å²) in [6, 6.07) is 12.1. The normalized spacial score (nSPS) is 21.1. The second kappa shape index (κ2) is 8.72. The van der Waals surface area contributed by atoms with Crippen LogP contribution in [0.4, 0.5) is 4.39 Å². The summed E-state index contributed by atoms with van der Waals surface area (Å²) in [5, 5.41) is 0. The number of ether oxygens (including phenoxy) is 3. The fourth-order valence-corrected chi connectivity index (χ4v) is 4.09. The summed E-state index contributed by atoms with van der Waals surface area (Å²) in [4.78, 5) is 15.0. The van der Waals surface area contributed by atoms with Crippen LogP contribution >= 0.6 is 0 Å². The highest BCUT2D eigenvalue weighted by molar-refractivity contribution is 5.80. The Labute approximate surface area is 170 Å². The van der Waals surface area contributed by atoms with Gasteiger partial charge in [-0.2, -0.15) is 0 Å². The average Bonchev–Trinajstić information content (AvgIpc) is 2.77. The number of fused-ring (bicyclic) bond motifs is 1. The van der Waals surface area contributed by atoms with E-state index in [-0.39, 0.29) is 29.3 Å².